The van der Waals surface area contributed by atoms with Crippen molar-refractivity contribution in [3.63, 3.8) is 0 Å². The Hall–Kier alpha value is -1.39. The van der Waals surface area contributed by atoms with E-state index in [4.69, 9.17) is 0 Å². The Bertz CT molecular complexity index is 258. The van der Waals surface area contributed by atoms with Crippen LogP contribution in [0.2, 0.25) is 0 Å². The normalized spacial score (nSPS) is 9.64. The molecule has 0 aliphatic rings. The van der Waals surface area contributed by atoms with Crippen molar-refractivity contribution in [3.05, 3.63) is 17.8 Å². The lowest BCUT2D eigenvalue weighted by Gasteiger charge is -1.95. The van der Waals surface area contributed by atoms with Crippen molar-refractivity contribution in [2.24, 2.45) is 0 Å². The summed E-state index contributed by atoms with van der Waals surface area (Å²) in [6.45, 7) is 1.83. The minimum atomic E-state index is -1.01. The first-order valence-electron chi connectivity index (χ1n) is 3.03. The van der Waals surface area contributed by atoms with Crippen LogP contribution >= 0.6 is 0 Å². The van der Waals surface area contributed by atoms with Crippen molar-refractivity contribution in [1.82, 2.24) is 5.16 Å². The Balaban J connectivity index is 2.76. The molecule has 0 saturated carbocycles. The number of aromatic nitrogens is 1. The van der Waals surface area contributed by atoms with E-state index in [0.717, 1.165) is 6.20 Å². The third-order valence-corrected chi connectivity index (χ3v) is 1.02. The van der Waals surface area contributed by atoms with Gasteiger partial charge in [0.2, 0.25) is 0 Å². The Morgan fingerprint density at radius 3 is 3.09 bits per heavy atom. The summed E-state index contributed by atoms with van der Waals surface area (Å²) in [4.78, 5) is 10.8. The van der Waals surface area contributed by atoms with Gasteiger partial charge in [-0.05, 0) is 6.92 Å². The average Bonchev–Trinajstić information content (AvgIpc) is 2.36. The SMILES string of the molecule is CCOC(=O)c1cnoc1F. The molecule has 0 saturated heterocycles. The molecule has 0 radical (unpaired) electrons. The Morgan fingerprint density at radius 1 is 1.91 bits per heavy atom. The lowest BCUT2D eigenvalue weighted by Crippen LogP contribution is -2.04. The van der Waals surface area contributed by atoms with Crippen LogP contribution in [-0.4, -0.2) is 17.7 Å². The van der Waals surface area contributed by atoms with Crippen LogP contribution in [0.3, 0.4) is 0 Å². The molecule has 0 aromatic carbocycles. The summed E-state index contributed by atoms with van der Waals surface area (Å²) in [6.07, 6.45) is 0.979. The molecule has 1 heterocycles. The highest BCUT2D eigenvalue weighted by molar-refractivity contribution is 5.88. The smallest absolute Gasteiger partial charge is 0.346 e. The predicted octanol–water partition coefficient (Wildman–Crippen LogP) is 0.990. The van der Waals surface area contributed by atoms with Crippen LogP contribution in [0, 0.1) is 6.01 Å². The standard InChI is InChI=1S/C6H6FNO3/c1-2-10-6(9)4-3-8-11-5(4)7/h3H,2H2,1H3. The third kappa shape index (κ3) is 1.54. The summed E-state index contributed by atoms with van der Waals surface area (Å²) in [5.41, 5.74) is -0.271. The van der Waals surface area contributed by atoms with Crippen molar-refractivity contribution in [2.75, 3.05) is 6.61 Å². The summed E-state index contributed by atoms with van der Waals surface area (Å²) >= 11 is 0. The van der Waals surface area contributed by atoms with Gasteiger partial charge in [0, 0.05) is 0 Å². The zero-order chi connectivity index (χ0) is 8.27. The average molecular weight is 159 g/mol. The number of ether oxygens (including phenoxy) is 1. The van der Waals surface area contributed by atoms with Gasteiger partial charge in [0.15, 0.2) is 5.56 Å². The van der Waals surface area contributed by atoms with Crippen molar-refractivity contribution in [2.45, 2.75) is 6.92 Å². The fraction of sp³-hybridized carbons (Fsp3) is 0.333. The van der Waals surface area contributed by atoms with Crippen LogP contribution in [0.15, 0.2) is 10.7 Å². The first-order valence-corrected chi connectivity index (χ1v) is 3.03. The van der Waals surface area contributed by atoms with E-state index < -0.39 is 12.0 Å². The Kier molecular flexibility index (Phi) is 2.20. The maximum absolute atomic E-state index is 12.4. The number of hydrogen-bond donors (Lipinski definition) is 0. The van der Waals surface area contributed by atoms with Gasteiger partial charge in [-0.15, -0.1) is 0 Å². The van der Waals surface area contributed by atoms with Crippen molar-refractivity contribution in [1.29, 1.82) is 0 Å². The number of carbonyl (C=O) groups is 1. The molecule has 11 heavy (non-hydrogen) atoms. The zero-order valence-corrected chi connectivity index (χ0v) is 5.83. The Labute approximate surface area is 61.9 Å². The number of rotatable bonds is 2. The van der Waals surface area contributed by atoms with Crippen LogP contribution in [0.25, 0.3) is 0 Å². The van der Waals surface area contributed by atoms with E-state index in [2.05, 4.69) is 14.4 Å². The molecular weight excluding hydrogens is 153 g/mol. The fourth-order valence-electron chi connectivity index (χ4n) is 0.567. The number of nitrogens with zero attached hydrogens (tertiary/aromatic N) is 1. The van der Waals surface area contributed by atoms with Gasteiger partial charge >= 0.3 is 12.0 Å². The number of esters is 1. The van der Waals surface area contributed by atoms with Gasteiger partial charge in [0.25, 0.3) is 0 Å². The first kappa shape index (κ1) is 7.71. The van der Waals surface area contributed by atoms with Gasteiger partial charge in [-0.1, -0.05) is 5.16 Å². The highest BCUT2D eigenvalue weighted by atomic mass is 19.1. The molecule has 0 bridgehead atoms. The third-order valence-electron chi connectivity index (χ3n) is 1.02. The van der Waals surface area contributed by atoms with Crippen LogP contribution in [0.5, 0.6) is 0 Å². The van der Waals surface area contributed by atoms with Gasteiger partial charge in [-0.2, -0.15) is 4.39 Å². The van der Waals surface area contributed by atoms with Gasteiger partial charge in [0.05, 0.1) is 12.8 Å². The zero-order valence-electron chi connectivity index (χ0n) is 5.83. The molecule has 5 heteroatoms. The van der Waals surface area contributed by atoms with E-state index in [0.29, 0.717) is 0 Å². The van der Waals surface area contributed by atoms with E-state index in [-0.39, 0.29) is 12.2 Å². The van der Waals surface area contributed by atoms with E-state index >= 15 is 0 Å². The predicted molar refractivity (Wildman–Crippen MR) is 32.4 cm³/mol. The molecule has 0 amide bonds. The second-order valence-electron chi connectivity index (χ2n) is 1.73. The lowest BCUT2D eigenvalue weighted by atomic mass is 10.4. The van der Waals surface area contributed by atoms with Crippen molar-refractivity contribution >= 4 is 5.97 Å². The van der Waals surface area contributed by atoms with Crippen molar-refractivity contribution < 1.29 is 18.4 Å². The first-order chi connectivity index (χ1) is 5.25. The molecule has 1 aromatic heterocycles. The second-order valence-corrected chi connectivity index (χ2v) is 1.73. The minimum absolute atomic E-state index is 0.198. The van der Waals surface area contributed by atoms with Gasteiger partial charge in [-0.25, -0.2) is 4.79 Å². The maximum Gasteiger partial charge on any atom is 0.346 e. The monoisotopic (exact) mass is 159 g/mol. The molecule has 1 rings (SSSR count). The number of halogens is 1. The summed E-state index contributed by atoms with van der Waals surface area (Å²) in [5, 5.41) is 3.07. The quantitative estimate of drug-likeness (QED) is 0.604. The topological polar surface area (TPSA) is 52.3 Å². The number of hydrogen-bond acceptors (Lipinski definition) is 4. The molecule has 1 aromatic rings. The molecule has 0 atom stereocenters. The van der Waals surface area contributed by atoms with Crippen LogP contribution in [0.1, 0.15) is 17.3 Å². The van der Waals surface area contributed by atoms with Crippen LogP contribution in [-0.2, 0) is 4.74 Å². The summed E-state index contributed by atoms with van der Waals surface area (Å²) in [6, 6.07) is -1.01. The molecule has 0 spiro atoms. The second kappa shape index (κ2) is 3.14. The highest BCUT2D eigenvalue weighted by Crippen LogP contribution is 2.06. The molecule has 0 N–H and O–H groups in total. The molecular formula is C6H6FNO3. The highest BCUT2D eigenvalue weighted by Gasteiger charge is 2.16. The van der Waals surface area contributed by atoms with E-state index in [1.165, 1.54) is 0 Å². The number of carbonyl (C=O) groups excluding carboxylic acids is 1. The summed E-state index contributed by atoms with van der Waals surface area (Å²) in [7, 11) is 0. The van der Waals surface area contributed by atoms with Gasteiger partial charge < -0.3 is 9.26 Å². The van der Waals surface area contributed by atoms with Crippen molar-refractivity contribution in [3.8, 4) is 0 Å². The van der Waals surface area contributed by atoms with Crippen LogP contribution < -0.4 is 0 Å². The minimum Gasteiger partial charge on any atom is -0.462 e. The fourth-order valence-corrected chi connectivity index (χ4v) is 0.567. The van der Waals surface area contributed by atoms with E-state index in [1.54, 1.807) is 6.92 Å². The van der Waals surface area contributed by atoms with Gasteiger partial charge in [-0.3, -0.25) is 0 Å². The molecule has 0 aliphatic heterocycles. The van der Waals surface area contributed by atoms with Gasteiger partial charge in [0.1, 0.15) is 0 Å². The largest absolute Gasteiger partial charge is 0.462 e. The lowest BCUT2D eigenvalue weighted by molar-refractivity contribution is 0.0517. The maximum atomic E-state index is 12.4. The van der Waals surface area contributed by atoms with Crippen LogP contribution in [0.4, 0.5) is 4.39 Å². The summed E-state index contributed by atoms with van der Waals surface area (Å²) in [5.74, 6) is -0.758. The molecule has 0 aliphatic carbocycles. The molecule has 4 nitrogen and oxygen atoms in total. The summed E-state index contributed by atoms with van der Waals surface area (Å²) < 4.78 is 20.9. The Morgan fingerprint density at radius 2 is 2.64 bits per heavy atom. The van der Waals surface area contributed by atoms with E-state index in [9.17, 15) is 9.18 Å². The molecule has 60 valence electrons. The molecule has 0 fully saturated rings. The van der Waals surface area contributed by atoms with E-state index in [1.807, 2.05) is 0 Å². The molecule has 0 unspecified atom stereocenters.